The summed E-state index contributed by atoms with van der Waals surface area (Å²) in [4.78, 5) is 0. The first kappa shape index (κ1) is 15.0. The summed E-state index contributed by atoms with van der Waals surface area (Å²) in [6.07, 6.45) is 6.71. The van der Waals surface area contributed by atoms with E-state index in [0.717, 1.165) is 17.7 Å². The van der Waals surface area contributed by atoms with E-state index < -0.39 is 0 Å². The zero-order valence-electron chi connectivity index (χ0n) is 11.3. The summed E-state index contributed by atoms with van der Waals surface area (Å²) in [5.74, 6) is 0.547. The zero-order valence-corrected chi connectivity index (χ0v) is 11.3. The topological polar surface area (TPSA) is 35.2 Å². The Hall–Kier alpha value is -1.09. The fraction of sp³-hybridized carbons (Fsp3) is 0.600. The Balaban J connectivity index is 2.36. The standard InChI is InChI=1S/C15H24FNO/c1-2-3-4-5-6-11-18-15-8-7-14(16)12-13(15)9-10-17/h7-8,12H,2-6,9-11,17H2,1H3. The molecule has 18 heavy (non-hydrogen) atoms. The molecular weight excluding hydrogens is 229 g/mol. The quantitative estimate of drug-likeness (QED) is 0.681. The average molecular weight is 253 g/mol. The third-order valence-electron chi connectivity index (χ3n) is 2.94. The Labute approximate surface area is 109 Å². The molecule has 0 unspecified atom stereocenters. The number of nitrogens with two attached hydrogens (primary N) is 1. The number of benzene rings is 1. The van der Waals surface area contributed by atoms with Crippen molar-refractivity contribution in [1.82, 2.24) is 0 Å². The molecule has 0 aliphatic rings. The lowest BCUT2D eigenvalue weighted by Gasteiger charge is -2.11. The molecule has 2 nitrogen and oxygen atoms in total. The van der Waals surface area contributed by atoms with Gasteiger partial charge >= 0.3 is 0 Å². The van der Waals surface area contributed by atoms with Crippen LogP contribution >= 0.6 is 0 Å². The van der Waals surface area contributed by atoms with E-state index in [-0.39, 0.29) is 5.82 Å². The van der Waals surface area contributed by atoms with Crippen LogP contribution in [0, 0.1) is 5.82 Å². The molecule has 0 amide bonds. The molecule has 1 aromatic rings. The summed E-state index contributed by atoms with van der Waals surface area (Å²) >= 11 is 0. The summed E-state index contributed by atoms with van der Waals surface area (Å²) in [5, 5.41) is 0. The first-order valence-corrected chi connectivity index (χ1v) is 6.89. The second-order valence-corrected chi connectivity index (χ2v) is 4.55. The lowest BCUT2D eigenvalue weighted by atomic mass is 10.1. The van der Waals surface area contributed by atoms with Gasteiger partial charge in [0, 0.05) is 0 Å². The van der Waals surface area contributed by atoms with Crippen molar-refractivity contribution >= 4 is 0 Å². The fourth-order valence-corrected chi connectivity index (χ4v) is 1.93. The van der Waals surface area contributed by atoms with E-state index in [2.05, 4.69) is 6.92 Å². The van der Waals surface area contributed by atoms with E-state index in [4.69, 9.17) is 10.5 Å². The monoisotopic (exact) mass is 253 g/mol. The minimum Gasteiger partial charge on any atom is -0.493 e. The van der Waals surface area contributed by atoms with Gasteiger partial charge in [0.1, 0.15) is 11.6 Å². The number of halogens is 1. The van der Waals surface area contributed by atoms with Crippen molar-refractivity contribution in [3.05, 3.63) is 29.6 Å². The molecule has 0 aliphatic carbocycles. The maximum atomic E-state index is 13.1. The molecule has 0 fully saturated rings. The number of ether oxygens (including phenoxy) is 1. The van der Waals surface area contributed by atoms with Crippen molar-refractivity contribution in [2.75, 3.05) is 13.2 Å². The van der Waals surface area contributed by atoms with Crippen LogP contribution < -0.4 is 10.5 Å². The Bertz CT molecular complexity index is 341. The Morgan fingerprint density at radius 1 is 1.17 bits per heavy atom. The predicted octanol–water partition coefficient (Wildman–Crippen LogP) is 3.68. The average Bonchev–Trinajstić information content (AvgIpc) is 2.36. The second kappa shape index (κ2) is 8.92. The van der Waals surface area contributed by atoms with Crippen molar-refractivity contribution in [1.29, 1.82) is 0 Å². The number of unbranched alkanes of at least 4 members (excludes halogenated alkanes) is 4. The molecular formula is C15H24FNO. The molecule has 2 N–H and O–H groups in total. The van der Waals surface area contributed by atoms with E-state index in [0.29, 0.717) is 19.6 Å². The van der Waals surface area contributed by atoms with Crippen LogP contribution in [-0.4, -0.2) is 13.2 Å². The van der Waals surface area contributed by atoms with E-state index in [1.54, 1.807) is 6.07 Å². The highest BCUT2D eigenvalue weighted by atomic mass is 19.1. The minimum atomic E-state index is -0.228. The van der Waals surface area contributed by atoms with Crippen LogP contribution in [0.2, 0.25) is 0 Å². The minimum absolute atomic E-state index is 0.228. The summed E-state index contributed by atoms with van der Waals surface area (Å²) in [5.41, 5.74) is 6.38. The molecule has 1 rings (SSSR count). The maximum Gasteiger partial charge on any atom is 0.123 e. The molecule has 0 aliphatic heterocycles. The van der Waals surface area contributed by atoms with Crippen LogP contribution in [0.3, 0.4) is 0 Å². The van der Waals surface area contributed by atoms with Gasteiger partial charge in [-0.3, -0.25) is 0 Å². The second-order valence-electron chi connectivity index (χ2n) is 4.55. The molecule has 0 bridgehead atoms. The Morgan fingerprint density at radius 3 is 2.67 bits per heavy atom. The van der Waals surface area contributed by atoms with Gasteiger partial charge in [-0.2, -0.15) is 0 Å². The number of hydrogen-bond donors (Lipinski definition) is 1. The third kappa shape index (κ3) is 5.50. The van der Waals surface area contributed by atoms with Crippen molar-refractivity contribution in [2.45, 2.75) is 45.4 Å². The molecule has 0 spiro atoms. The molecule has 0 aromatic heterocycles. The van der Waals surface area contributed by atoms with Gasteiger partial charge in [0.15, 0.2) is 0 Å². The van der Waals surface area contributed by atoms with E-state index >= 15 is 0 Å². The Morgan fingerprint density at radius 2 is 1.94 bits per heavy atom. The highest BCUT2D eigenvalue weighted by Gasteiger charge is 2.04. The van der Waals surface area contributed by atoms with Gasteiger partial charge in [-0.05, 0) is 43.1 Å². The molecule has 1 aromatic carbocycles. The summed E-state index contributed by atoms with van der Waals surface area (Å²) < 4.78 is 18.8. The lowest BCUT2D eigenvalue weighted by molar-refractivity contribution is 0.301. The molecule has 102 valence electrons. The van der Waals surface area contributed by atoms with Gasteiger partial charge in [-0.1, -0.05) is 32.6 Å². The van der Waals surface area contributed by atoms with Crippen LogP contribution in [0.1, 0.15) is 44.6 Å². The smallest absolute Gasteiger partial charge is 0.123 e. The van der Waals surface area contributed by atoms with E-state index in [1.807, 2.05) is 0 Å². The maximum absolute atomic E-state index is 13.1. The van der Waals surface area contributed by atoms with Crippen LogP contribution in [0.15, 0.2) is 18.2 Å². The SMILES string of the molecule is CCCCCCCOc1ccc(F)cc1CCN. The van der Waals surface area contributed by atoms with E-state index in [9.17, 15) is 4.39 Å². The van der Waals surface area contributed by atoms with Crippen molar-refractivity contribution in [3.63, 3.8) is 0 Å². The molecule has 0 atom stereocenters. The fourth-order valence-electron chi connectivity index (χ4n) is 1.93. The van der Waals surface area contributed by atoms with Crippen molar-refractivity contribution in [3.8, 4) is 5.75 Å². The zero-order chi connectivity index (χ0) is 13.2. The largest absolute Gasteiger partial charge is 0.493 e. The highest BCUT2D eigenvalue weighted by molar-refractivity contribution is 5.34. The molecule has 0 radical (unpaired) electrons. The van der Waals surface area contributed by atoms with Crippen molar-refractivity contribution < 1.29 is 9.13 Å². The number of rotatable bonds is 9. The normalized spacial score (nSPS) is 10.6. The van der Waals surface area contributed by atoms with Gasteiger partial charge in [-0.15, -0.1) is 0 Å². The molecule has 3 heteroatoms. The first-order chi connectivity index (χ1) is 8.77. The van der Waals surface area contributed by atoms with Gasteiger partial charge < -0.3 is 10.5 Å². The predicted molar refractivity (Wildman–Crippen MR) is 73.4 cm³/mol. The Kier molecular flexibility index (Phi) is 7.42. The van der Waals surface area contributed by atoms with Gasteiger partial charge in [0.25, 0.3) is 0 Å². The van der Waals surface area contributed by atoms with Crippen LogP contribution in [-0.2, 0) is 6.42 Å². The number of hydrogen-bond acceptors (Lipinski definition) is 2. The summed E-state index contributed by atoms with van der Waals surface area (Å²) in [6, 6.07) is 4.65. The van der Waals surface area contributed by atoms with Crippen molar-refractivity contribution in [2.24, 2.45) is 5.73 Å². The van der Waals surface area contributed by atoms with Gasteiger partial charge in [0.05, 0.1) is 6.61 Å². The van der Waals surface area contributed by atoms with Crippen LogP contribution in [0.25, 0.3) is 0 Å². The van der Waals surface area contributed by atoms with Gasteiger partial charge in [0.2, 0.25) is 0 Å². The van der Waals surface area contributed by atoms with Crippen LogP contribution in [0.5, 0.6) is 5.75 Å². The molecule has 0 heterocycles. The van der Waals surface area contributed by atoms with Gasteiger partial charge in [-0.25, -0.2) is 4.39 Å². The lowest BCUT2D eigenvalue weighted by Crippen LogP contribution is -2.06. The third-order valence-corrected chi connectivity index (χ3v) is 2.94. The van der Waals surface area contributed by atoms with Crippen LogP contribution in [0.4, 0.5) is 4.39 Å². The van der Waals surface area contributed by atoms with E-state index in [1.165, 1.54) is 37.8 Å². The first-order valence-electron chi connectivity index (χ1n) is 6.89. The highest BCUT2D eigenvalue weighted by Crippen LogP contribution is 2.20. The molecule has 0 saturated heterocycles. The summed E-state index contributed by atoms with van der Waals surface area (Å²) in [6.45, 7) is 3.41. The molecule has 0 saturated carbocycles. The summed E-state index contributed by atoms with van der Waals surface area (Å²) in [7, 11) is 0.